The Labute approximate surface area is 252 Å². The fraction of sp³-hybridized carbons (Fsp3) is 0.176. The van der Waals surface area contributed by atoms with Crippen LogP contribution in [0.3, 0.4) is 0 Å². The van der Waals surface area contributed by atoms with Crippen molar-refractivity contribution in [1.82, 2.24) is 9.97 Å². The van der Waals surface area contributed by atoms with E-state index in [-0.39, 0.29) is 17.1 Å². The summed E-state index contributed by atoms with van der Waals surface area (Å²) in [6.07, 6.45) is 0. The third kappa shape index (κ3) is 3.66. The first kappa shape index (κ1) is 27.1. The quantitative estimate of drug-likeness (QED) is 0.257. The van der Waals surface area contributed by atoms with Crippen molar-refractivity contribution >= 4 is 11.6 Å². The van der Waals surface area contributed by atoms with E-state index in [1.165, 1.54) is 7.11 Å². The van der Waals surface area contributed by atoms with E-state index < -0.39 is 22.7 Å². The number of nitrogens with one attached hydrogen (secondary N) is 1. The molecule has 7 rings (SSSR count). The molecule has 0 fully saturated rings. The highest BCUT2D eigenvalue weighted by Gasteiger charge is 2.73. The molecule has 3 atom stereocenters. The van der Waals surface area contributed by atoms with E-state index in [1.54, 1.807) is 62.8 Å². The average Bonchev–Trinajstić information content (AvgIpc) is 3.43. The monoisotopic (exact) mass is 594 g/mol. The van der Waals surface area contributed by atoms with Gasteiger partial charge in [-0.1, -0.05) is 66.2 Å². The molecule has 0 radical (unpaired) electrons. The fourth-order valence-electron chi connectivity index (χ4n) is 6.61. The van der Waals surface area contributed by atoms with Gasteiger partial charge in [0.25, 0.3) is 5.56 Å². The summed E-state index contributed by atoms with van der Waals surface area (Å²) in [7, 11) is 4.64. The number of nitrogens with zero attached hydrogens (tertiary/aromatic N) is 1. The first-order valence-corrected chi connectivity index (χ1v) is 14.0. The van der Waals surface area contributed by atoms with Gasteiger partial charge in [-0.2, -0.15) is 0 Å². The van der Waals surface area contributed by atoms with Gasteiger partial charge in [0.05, 0.1) is 49.1 Å². The Hall–Kier alpha value is -4.79. The van der Waals surface area contributed by atoms with E-state index in [9.17, 15) is 9.90 Å². The van der Waals surface area contributed by atoms with Crippen LogP contribution in [0.15, 0.2) is 95.8 Å². The Balaban J connectivity index is 1.64. The maximum atomic E-state index is 14.2. The Morgan fingerprint density at radius 3 is 2.26 bits per heavy atom. The number of H-pyrrole nitrogens is 1. The molecule has 43 heavy (non-hydrogen) atoms. The molecule has 4 aromatic carbocycles. The zero-order valence-electron chi connectivity index (χ0n) is 23.6. The lowest BCUT2D eigenvalue weighted by Crippen LogP contribution is -2.49. The lowest BCUT2D eigenvalue weighted by molar-refractivity contribution is -0.0909. The zero-order chi connectivity index (χ0) is 29.9. The maximum absolute atomic E-state index is 14.2. The molecule has 0 saturated carbocycles. The number of fused-ring (bicyclic) bond motifs is 5. The van der Waals surface area contributed by atoms with Gasteiger partial charge in [-0.05, 0) is 29.8 Å². The number of hydrogen-bond donors (Lipinski definition) is 2. The Kier molecular flexibility index (Phi) is 6.23. The molecule has 0 saturated heterocycles. The summed E-state index contributed by atoms with van der Waals surface area (Å²) in [6, 6.07) is 27.3. The molecule has 0 amide bonds. The van der Waals surface area contributed by atoms with Crippen LogP contribution in [0.5, 0.6) is 23.0 Å². The molecular weight excluding hydrogens is 568 g/mol. The molecule has 1 aliphatic carbocycles. The minimum Gasteiger partial charge on any atom is -0.497 e. The standard InChI is InChI=1S/C34H27ClN2O6/c1-40-21-15-13-20(14-16-21)34-28(19-9-5-4-6-10-19)27-30(36-31(37-32(27)38)23-11-7-8-12-24(23)35)33(34,39)29-25(42-3)17-22(41-2)18-26(29)43-34/h4-18,28,39H,1-3H3,(H,36,37,38)/t28-,33+,34+/m1/s1. The molecule has 0 unspecified atom stereocenters. The molecule has 9 heteroatoms. The van der Waals surface area contributed by atoms with Crippen molar-refractivity contribution in [2.75, 3.05) is 21.3 Å². The molecule has 2 aliphatic rings. The van der Waals surface area contributed by atoms with E-state index >= 15 is 0 Å². The predicted molar refractivity (Wildman–Crippen MR) is 161 cm³/mol. The SMILES string of the molecule is COc1ccc([C@@]23Oc4cc(OC)cc(OC)c4[C@]2(O)c2nc(-c4ccccc4Cl)[nH]c(=O)c2[C@H]3c2ccccc2)cc1. The largest absolute Gasteiger partial charge is 0.497 e. The number of aliphatic hydroxyl groups is 1. The van der Waals surface area contributed by atoms with E-state index in [0.29, 0.717) is 44.7 Å². The molecular formula is C34H27ClN2O6. The predicted octanol–water partition coefficient (Wildman–Crippen LogP) is 5.79. The zero-order valence-corrected chi connectivity index (χ0v) is 24.3. The lowest BCUT2D eigenvalue weighted by atomic mass is 9.70. The number of methoxy groups -OCH3 is 3. The van der Waals surface area contributed by atoms with Gasteiger partial charge in [0.2, 0.25) is 0 Å². The Bertz CT molecular complexity index is 1930. The Morgan fingerprint density at radius 1 is 0.884 bits per heavy atom. The van der Waals surface area contributed by atoms with Crippen molar-refractivity contribution < 1.29 is 24.1 Å². The molecule has 1 aliphatic heterocycles. The number of rotatable bonds is 6. The second kappa shape index (κ2) is 9.90. The first-order valence-electron chi connectivity index (χ1n) is 13.6. The second-order valence-corrected chi connectivity index (χ2v) is 10.9. The smallest absolute Gasteiger partial charge is 0.255 e. The highest BCUT2D eigenvalue weighted by Crippen LogP contribution is 2.69. The summed E-state index contributed by atoms with van der Waals surface area (Å²) >= 11 is 6.55. The van der Waals surface area contributed by atoms with Crippen LogP contribution in [0, 0.1) is 0 Å². The van der Waals surface area contributed by atoms with Crippen LogP contribution in [0.4, 0.5) is 0 Å². The number of ether oxygens (including phenoxy) is 4. The van der Waals surface area contributed by atoms with Crippen LogP contribution in [-0.2, 0) is 11.2 Å². The summed E-state index contributed by atoms with van der Waals surface area (Å²) in [5.41, 5.74) is -1.32. The Morgan fingerprint density at radius 2 is 1.58 bits per heavy atom. The molecule has 0 bridgehead atoms. The van der Waals surface area contributed by atoms with E-state index in [0.717, 1.165) is 5.56 Å². The third-order valence-electron chi connectivity index (χ3n) is 8.44. The second-order valence-electron chi connectivity index (χ2n) is 10.5. The molecule has 216 valence electrons. The number of halogens is 1. The number of aromatic nitrogens is 2. The molecule has 2 N–H and O–H groups in total. The first-order chi connectivity index (χ1) is 20.9. The van der Waals surface area contributed by atoms with Gasteiger partial charge in [0.15, 0.2) is 11.2 Å². The number of benzene rings is 4. The third-order valence-corrected chi connectivity index (χ3v) is 8.77. The van der Waals surface area contributed by atoms with Gasteiger partial charge >= 0.3 is 0 Å². The van der Waals surface area contributed by atoms with Crippen molar-refractivity contribution in [3.8, 4) is 34.4 Å². The van der Waals surface area contributed by atoms with Gasteiger partial charge in [-0.25, -0.2) is 4.98 Å². The van der Waals surface area contributed by atoms with Crippen LogP contribution in [-0.4, -0.2) is 36.4 Å². The van der Waals surface area contributed by atoms with Crippen LogP contribution < -0.4 is 24.5 Å². The normalized spacial score (nSPS) is 21.4. The van der Waals surface area contributed by atoms with Crippen molar-refractivity contribution in [1.29, 1.82) is 0 Å². The van der Waals surface area contributed by atoms with Crippen molar-refractivity contribution in [3.63, 3.8) is 0 Å². The van der Waals surface area contributed by atoms with Crippen LogP contribution >= 0.6 is 11.6 Å². The molecule has 0 spiro atoms. The molecule has 1 aromatic heterocycles. The maximum Gasteiger partial charge on any atom is 0.255 e. The summed E-state index contributed by atoms with van der Waals surface area (Å²) in [5, 5.41) is 13.8. The van der Waals surface area contributed by atoms with E-state index in [4.69, 9.17) is 35.5 Å². The minimum atomic E-state index is -1.99. The summed E-state index contributed by atoms with van der Waals surface area (Å²) in [6.45, 7) is 0. The van der Waals surface area contributed by atoms with Gasteiger partial charge in [0.1, 0.15) is 28.8 Å². The molecule has 5 aromatic rings. The summed E-state index contributed by atoms with van der Waals surface area (Å²) < 4.78 is 23.8. The van der Waals surface area contributed by atoms with Gasteiger partial charge in [-0.15, -0.1) is 0 Å². The number of hydrogen-bond acceptors (Lipinski definition) is 7. The van der Waals surface area contributed by atoms with Crippen molar-refractivity contribution in [2.45, 2.75) is 17.1 Å². The fourth-order valence-corrected chi connectivity index (χ4v) is 6.83. The van der Waals surface area contributed by atoms with Gasteiger partial charge in [0, 0.05) is 23.3 Å². The van der Waals surface area contributed by atoms with Gasteiger partial charge < -0.3 is 29.0 Å². The number of aromatic amines is 1. The van der Waals surface area contributed by atoms with Crippen LogP contribution in [0.2, 0.25) is 5.02 Å². The minimum absolute atomic E-state index is 0.151. The summed E-state index contributed by atoms with van der Waals surface area (Å²) in [4.78, 5) is 22.2. The van der Waals surface area contributed by atoms with Crippen LogP contribution in [0.25, 0.3) is 11.4 Å². The highest BCUT2D eigenvalue weighted by molar-refractivity contribution is 6.33. The average molecular weight is 595 g/mol. The van der Waals surface area contributed by atoms with E-state index in [1.807, 2.05) is 42.5 Å². The summed E-state index contributed by atoms with van der Waals surface area (Å²) in [5.74, 6) is 1.22. The molecule has 2 heterocycles. The molecule has 8 nitrogen and oxygen atoms in total. The van der Waals surface area contributed by atoms with Crippen molar-refractivity contribution in [2.24, 2.45) is 0 Å². The van der Waals surface area contributed by atoms with Crippen LogP contribution in [0.1, 0.15) is 33.9 Å². The van der Waals surface area contributed by atoms with E-state index in [2.05, 4.69) is 4.98 Å². The highest BCUT2D eigenvalue weighted by atomic mass is 35.5. The lowest BCUT2D eigenvalue weighted by Gasteiger charge is -2.40. The van der Waals surface area contributed by atoms with Crippen molar-refractivity contribution in [3.05, 3.63) is 134 Å². The topological polar surface area (TPSA) is 103 Å². The van der Waals surface area contributed by atoms with Gasteiger partial charge in [-0.3, -0.25) is 4.79 Å².